The number of nitrogens with one attached hydrogen (secondary N) is 1. The summed E-state index contributed by atoms with van der Waals surface area (Å²) in [6, 6.07) is 14.5. The van der Waals surface area contributed by atoms with Crippen molar-refractivity contribution in [1.29, 1.82) is 0 Å². The van der Waals surface area contributed by atoms with E-state index in [9.17, 15) is 0 Å². The van der Waals surface area contributed by atoms with Gasteiger partial charge >= 0.3 is 0 Å². The number of hydrogen-bond donors (Lipinski definition) is 2. The van der Waals surface area contributed by atoms with Crippen LogP contribution in [0.2, 0.25) is 0 Å². The average Bonchev–Trinajstić information content (AvgIpc) is 2.65. The minimum atomic E-state index is 0.267. The van der Waals surface area contributed by atoms with Crippen molar-refractivity contribution < 1.29 is 0 Å². The quantitative estimate of drug-likeness (QED) is 0.690. The molecule has 3 N–H and O–H groups in total. The minimum Gasteiger partial charge on any atom is -0.384 e. The number of pyridine rings is 1. The molecule has 2 aromatic heterocycles. The van der Waals surface area contributed by atoms with Crippen molar-refractivity contribution in [3.63, 3.8) is 0 Å². The number of nitrogens with zero attached hydrogens (tertiary/aromatic N) is 4. The van der Waals surface area contributed by atoms with Gasteiger partial charge in [0, 0.05) is 6.54 Å². The van der Waals surface area contributed by atoms with E-state index in [1.54, 1.807) is 6.07 Å². The standard InChI is InChI=1S/C19H24N6/c1-3-25(4-2)16(14-8-6-5-7-9-14)12-21-18-15-10-11-17(20)24-19(15)23-13-22-18/h5-11,13,16H,3-4,12H2,1-2H3,(H3,20,21,22,23,24). The highest BCUT2D eigenvalue weighted by atomic mass is 15.2. The van der Waals surface area contributed by atoms with Gasteiger partial charge in [0.2, 0.25) is 0 Å². The summed E-state index contributed by atoms with van der Waals surface area (Å²) >= 11 is 0. The third-order valence-electron chi connectivity index (χ3n) is 4.42. The van der Waals surface area contributed by atoms with E-state index in [0.717, 1.165) is 30.8 Å². The fourth-order valence-corrected chi connectivity index (χ4v) is 3.09. The first kappa shape index (κ1) is 17.1. The molecular weight excluding hydrogens is 312 g/mol. The molecule has 1 atom stereocenters. The van der Waals surface area contributed by atoms with Crippen molar-refractivity contribution in [2.45, 2.75) is 19.9 Å². The van der Waals surface area contributed by atoms with Crippen LogP contribution in [0.15, 0.2) is 48.8 Å². The monoisotopic (exact) mass is 336 g/mol. The lowest BCUT2D eigenvalue weighted by Gasteiger charge is -2.30. The summed E-state index contributed by atoms with van der Waals surface area (Å²) in [4.78, 5) is 15.3. The van der Waals surface area contributed by atoms with E-state index in [-0.39, 0.29) is 6.04 Å². The van der Waals surface area contributed by atoms with Crippen LogP contribution in [0.1, 0.15) is 25.5 Å². The summed E-state index contributed by atoms with van der Waals surface area (Å²) in [5, 5.41) is 4.36. The van der Waals surface area contributed by atoms with Crippen molar-refractivity contribution in [2.24, 2.45) is 0 Å². The molecule has 0 bridgehead atoms. The predicted molar refractivity (Wildman–Crippen MR) is 102 cm³/mol. The molecule has 0 aliphatic carbocycles. The van der Waals surface area contributed by atoms with E-state index >= 15 is 0 Å². The number of aromatic nitrogens is 3. The number of anilines is 2. The Bertz CT molecular complexity index is 817. The van der Waals surface area contributed by atoms with Gasteiger partial charge in [-0.05, 0) is 30.8 Å². The van der Waals surface area contributed by atoms with Crippen molar-refractivity contribution >= 4 is 22.7 Å². The molecule has 1 aromatic carbocycles. The van der Waals surface area contributed by atoms with Crippen LogP contribution in [0.5, 0.6) is 0 Å². The Labute approximate surface area is 148 Å². The molecule has 2 heterocycles. The van der Waals surface area contributed by atoms with E-state index < -0.39 is 0 Å². The molecule has 6 heteroatoms. The number of nitrogens with two attached hydrogens (primary N) is 1. The average molecular weight is 336 g/mol. The highest BCUT2D eigenvalue weighted by Gasteiger charge is 2.18. The first-order valence-electron chi connectivity index (χ1n) is 8.63. The minimum absolute atomic E-state index is 0.267. The second-order valence-corrected chi connectivity index (χ2v) is 5.86. The molecule has 130 valence electrons. The van der Waals surface area contributed by atoms with Gasteiger partial charge in [0.1, 0.15) is 18.0 Å². The van der Waals surface area contributed by atoms with E-state index in [4.69, 9.17) is 5.73 Å². The first-order valence-corrected chi connectivity index (χ1v) is 8.63. The highest BCUT2D eigenvalue weighted by Crippen LogP contribution is 2.23. The number of fused-ring (bicyclic) bond motifs is 1. The van der Waals surface area contributed by atoms with Crippen LogP contribution in [-0.2, 0) is 0 Å². The molecule has 25 heavy (non-hydrogen) atoms. The molecule has 0 saturated heterocycles. The Morgan fingerprint density at radius 1 is 1.04 bits per heavy atom. The lowest BCUT2D eigenvalue weighted by molar-refractivity contribution is 0.228. The zero-order valence-corrected chi connectivity index (χ0v) is 14.7. The fourth-order valence-electron chi connectivity index (χ4n) is 3.09. The second kappa shape index (κ2) is 7.90. The Morgan fingerprint density at radius 2 is 1.80 bits per heavy atom. The Kier molecular flexibility index (Phi) is 5.40. The zero-order valence-electron chi connectivity index (χ0n) is 14.7. The van der Waals surface area contributed by atoms with Crippen molar-refractivity contribution in [3.05, 3.63) is 54.4 Å². The summed E-state index contributed by atoms with van der Waals surface area (Å²) in [6.07, 6.45) is 1.52. The van der Waals surface area contributed by atoms with Crippen LogP contribution < -0.4 is 11.1 Å². The maximum absolute atomic E-state index is 5.75. The smallest absolute Gasteiger partial charge is 0.166 e. The van der Waals surface area contributed by atoms with E-state index in [2.05, 4.69) is 63.3 Å². The van der Waals surface area contributed by atoms with Gasteiger partial charge in [0.25, 0.3) is 0 Å². The molecule has 3 rings (SSSR count). The second-order valence-electron chi connectivity index (χ2n) is 5.86. The number of rotatable bonds is 7. The van der Waals surface area contributed by atoms with Gasteiger partial charge in [-0.25, -0.2) is 15.0 Å². The summed E-state index contributed by atoms with van der Waals surface area (Å²) < 4.78 is 0. The Hall–Kier alpha value is -2.73. The SMILES string of the molecule is CCN(CC)C(CNc1ncnc2nc(N)ccc12)c1ccccc1. The molecule has 0 amide bonds. The lowest BCUT2D eigenvalue weighted by Crippen LogP contribution is -2.33. The largest absolute Gasteiger partial charge is 0.384 e. The summed E-state index contributed by atoms with van der Waals surface area (Å²) in [5.74, 6) is 1.24. The maximum atomic E-state index is 5.75. The highest BCUT2D eigenvalue weighted by molar-refractivity contribution is 5.87. The molecule has 6 nitrogen and oxygen atoms in total. The van der Waals surface area contributed by atoms with Gasteiger partial charge in [0.05, 0.1) is 11.4 Å². The van der Waals surface area contributed by atoms with E-state index in [1.807, 2.05) is 12.1 Å². The van der Waals surface area contributed by atoms with Crippen LogP contribution in [-0.4, -0.2) is 39.5 Å². The Balaban J connectivity index is 1.86. The van der Waals surface area contributed by atoms with Gasteiger partial charge < -0.3 is 11.1 Å². The molecule has 0 aliphatic heterocycles. The Morgan fingerprint density at radius 3 is 2.52 bits per heavy atom. The van der Waals surface area contributed by atoms with Crippen molar-refractivity contribution in [1.82, 2.24) is 19.9 Å². The summed E-state index contributed by atoms with van der Waals surface area (Å²) in [6.45, 7) is 7.10. The van der Waals surface area contributed by atoms with Gasteiger partial charge in [-0.1, -0.05) is 44.2 Å². The topological polar surface area (TPSA) is 80.0 Å². The molecule has 0 radical (unpaired) electrons. The summed E-state index contributed by atoms with van der Waals surface area (Å²) in [7, 11) is 0. The number of likely N-dealkylation sites (N-methyl/N-ethyl adjacent to an activating group) is 1. The molecule has 0 fully saturated rings. The van der Waals surface area contributed by atoms with Gasteiger partial charge in [-0.15, -0.1) is 0 Å². The van der Waals surface area contributed by atoms with E-state index in [1.165, 1.54) is 11.9 Å². The normalized spacial score (nSPS) is 12.4. The van der Waals surface area contributed by atoms with Gasteiger partial charge in [-0.3, -0.25) is 4.90 Å². The molecule has 0 spiro atoms. The van der Waals surface area contributed by atoms with Crippen molar-refractivity contribution in [2.75, 3.05) is 30.7 Å². The van der Waals surface area contributed by atoms with Crippen LogP contribution in [0, 0.1) is 0 Å². The summed E-state index contributed by atoms with van der Waals surface area (Å²) in [5.41, 5.74) is 7.65. The van der Waals surface area contributed by atoms with Crippen LogP contribution in [0.3, 0.4) is 0 Å². The van der Waals surface area contributed by atoms with E-state index in [0.29, 0.717) is 11.5 Å². The van der Waals surface area contributed by atoms with Crippen molar-refractivity contribution in [3.8, 4) is 0 Å². The lowest BCUT2D eigenvalue weighted by atomic mass is 10.1. The number of benzene rings is 1. The fraction of sp³-hybridized carbons (Fsp3) is 0.316. The predicted octanol–water partition coefficient (Wildman–Crippen LogP) is 3.10. The molecular formula is C19H24N6. The third kappa shape index (κ3) is 3.85. The van der Waals surface area contributed by atoms with Crippen LogP contribution in [0.4, 0.5) is 11.6 Å². The zero-order chi connectivity index (χ0) is 17.6. The van der Waals surface area contributed by atoms with Gasteiger partial charge in [0.15, 0.2) is 5.65 Å². The van der Waals surface area contributed by atoms with Crippen LogP contribution >= 0.6 is 0 Å². The van der Waals surface area contributed by atoms with Gasteiger partial charge in [-0.2, -0.15) is 0 Å². The third-order valence-corrected chi connectivity index (χ3v) is 4.42. The van der Waals surface area contributed by atoms with Crippen LogP contribution in [0.25, 0.3) is 11.0 Å². The molecule has 1 unspecified atom stereocenters. The molecule has 3 aromatic rings. The molecule has 0 saturated carbocycles. The maximum Gasteiger partial charge on any atom is 0.166 e. The molecule has 0 aliphatic rings. The first-order chi connectivity index (χ1) is 12.2. The number of hydrogen-bond acceptors (Lipinski definition) is 6. The number of nitrogen functional groups attached to an aromatic ring is 1.